The molecule has 1 rings (SSSR count). The molecule has 0 amide bonds. The minimum absolute atomic E-state index is 0.0973. The highest BCUT2D eigenvalue weighted by atomic mass is 32.1. The zero-order valence-corrected chi connectivity index (χ0v) is 18.4. The van der Waals surface area contributed by atoms with Crippen LogP contribution in [0, 0.1) is 0 Å². The van der Waals surface area contributed by atoms with Crippen molar-refractivity contribution in [3.8, 4) is 0 Å². The number of hydrogen-bond donors (Lipinski definition) is 2. The molecule has 0 spiro atoms. The van der Waals surface area contributed by atoms with Crippen LogP contribution in [0.4, 0.5) is 0 Å². The molecule has 1 aliphatic rings. The molecule has 1 N–H and O–H groups in total. The Kier molecular flexibility index (Phi) is 13.7. The van der Waals surface area contributed by atoms with Crippen molar-refractivity contribution in [2.75, 3.05) is 32.2 Å². The van der Waals surface area contributed by atoms with Gasteiger partial charge in [-0.2, -0.15) is 12.6 Å². The maximum absolute atomic E-state index is 8.99. The predicted molar refractivity (Wildman–Crippen MR) is 110 cm³/mol. The molecule has 1 aliphatic heterocycles. The van der Waals surface area contributed by atoms with Crippen molar-refractivity contribution in [2.45, 2.75) is 89.6 Å². The van der Waals surface area contributed by atoms with Gasteiger partial charge in [-0.05, 0) is 37.5 Å². The lowest BCUT2D eigenvalue weighted by molar-refractivity contribution is -0.851. The van der Waals surface area contributed by atoms with E-state index in [1.165, 1.54) is 87.5 Å². The van der Waals surface area contributed by atoms with Gasteiger partial charge in [-0.25, -0.2) is 0 Å². The Morgan fingerprint density at radius 2 is 1.92 bits per heavy atom. The summed E-state index contributed by atoms with van der Waals surface area (Å²) in [6.45, 7) is 5.63. The van der Waals surface area contributed by atoms with Crippen LogP contribution in [-0.2, 0) is 4.74 Å². The highest BCUT2D eigenvalue weighted by Gasteiger charge is 2.35. The summed E-state index contributed by atoms with van der Waals surface area (Å²) in [5.41, 5.74) is 0. The molecule has 2 atom stereocenters. The van der Waals surface area contributed by atoms with E-state index in [0.29, 0.717) is 0 Å². The monoisotopic (exact) mass is 376 g/mol. The maximum Gasteiger partial charge on any atom is 0.255 e. The third kappa shape index (κ3) is 8.70. The zero-order chi connectivity index (χ0) is 17.5. The first-order valence-corrected chi connectivity index (χ1v) is 12.7. The Bertz CT molecular complexity index is 281. The molecule has 0 aromatic rings. The van der Waals surface area contributed by atoms with E-state index in [2.05, 4.69) is 19.6 Å². The van der Waals surface area contributed by atoms with E-state index in [4.69, 9.17) is 9.84 Å². The van der Waals surface area contributed by atoms with Gasteiger partial charge in [0, 0.05) is 12.8 Å². The van der Waals surface area contributed by atoms with Crippen molar-refractivity contribution in [2.24, 2.45) is 0 Å². The summed E-state index contributed by atoms with van der Waals surface area (Å²) in [5, 5.41) is 8.99. The highest BCUT2D eigenvalue weighted by Crippen LogP contribution is 2.27. The van der Waals surface area contributed by atoms with E-state index in [0.717, 1.165) is 24.8 Å². The first kappa shape index (κ1) is 22.5. The Balaban J connectivity index is 2.75. The van der Waals surface area contributed by atoms with Gasteiger partial charge in [0.2, 0.25) is 0 Å². The lowest BCUT2D eigenvalue weighted by Gasteiger charge is -2.48. The van der Waals surface area contributed by atoms with E-state index in [-0.39, 0.29) is 16.5 Å². The molecule has 0 aromatic carbocycles. The highest BCUT2D eigenvalue weighted by molar-refractivity contribution is 7.80. The van der Waals surface area contributed by atoms with E-state index in [1.54, 1.807) is 0 Å². The first-order valence-electron chi connectivity index (χ1n) is 10.4. The number of quaternary nitrogens is 1. The number of aliphatic hydroxyl groups excluding tert-OH is 1. The molecule has 0 saturated carbocycles. The van der Waals surface area contributed by atoms with Crippen molar-refractivity contribution in [3.05, 3.63) is 0 Å². The quantitative estimate of drug-likeness (QED) is 0.221. The second-order valence-electron chi connectivity index (χ2n) is 7.56. The van der Waals surface area contributed by atoms with Gasteiger partial charge in [0.1, 0.15) is 6.79 Å². The number of hydrogen-bond acceptors (Lipinski definition) is 3. The fraction of sp³-hybridized carbons (Fsp3) is 1.00. The van der Waals surface area contributed by atoms with Gasteiger partial charge in [-0.1, -0.05) is 39.0 Å². The summed E-state index contributed by atoms with van der Waals surface area (Å²) in [5.74, 6) is 1.02. The van der Waals surface area contributed by atoms with Crippen LogP contribution >= 0.6 is 12.6 Å². The third-order valence-electron chi connectivity index (χ3n) is 5.82. The van der Waals surface area contributed by atoms with E-state index in [9.17, 15) is 0 Å². The van der Waals surface area contributed by atoms with Crippen molar-refractivity contribution in [1.29, 1.82) is 0 Å². The van der Waals surface area contributed by atoms with Crippen LogP contribution in [-0.4, -0.2) is 57.2 Å². The third-order valence-corrected chi connectivity index (χ3v) is 8.99. The van der Waals surface area contributed by atoms with Gasteiger partial charge in [-0.15, -0.1) is 0 Å². The second-order valence-corrected chi connectivity index (χ2v) is 10.4. The Morgan fingerprint density at radius 3 is 2.67 bits per heavy atom. The normalized spacial score (nSPS) is 24.6. The molecular weight excluding hydrogens is 334 g/mol. The average molecular weight is 377 g/mol. The molecule has 24 heavy (non-hydrogen) atoms. The number of nitrogens with zero attached hydrogens (tertiary/aromatic N) is 1. The van der Waals surface area contributed by atoms with Gasteiger partial charge >= 0.3 is 0 Å². The van der Waals surface area contributed by atoms with Crippen LogP contribution in [0.5, 0.6) is 0 Å². The largest absolute Gasteiger partial charge is 0.385 e. The van der Waals surface area contributed by atoms with Gasteiger partial charge in [0.05, 0.1) is 25.7 Å². The lowest BCUT2D eigenvalue weighted by atomic mass is 10.0. The SMILES string of the molecule is CCCCCCC(CCOCO)[N+]1(CCCS)CCCCCC[SiH2]1. The summed E-state index contributed by atoms with van der Waals surface area (Å²) in [6, 6.07) is 2.27. The number of aliphatic hydroxyl groups is 1. The molecule has 1 saturated heterocycles. The van der Waals surface area contributed by atoms with E-state index < -0.39 is 0 Å². The molecule has 1 fully saturated rings. The van der Waals surface area contributed by atoms with Crippen LogP contribution in [0.2, 0.25) is 6.04 Å². The summed E-state index contributed by atoms with van der Waals surface area (Å²) in [4.78, 5) is 0. The van der Waals surface area contributed by atoms with Crippen molar-refractivity contribution in [1.82, 2.24) is 0 Å². The summed E-state index contributed by atoms with van der Waals surface area (Å²) in [6.07, 6.45) is 14.9. The minimum atomic E-state index is -0.128. The number of ether oxygens (including phenoxy) is 1. The standard InChI is InChI=1S/C19H41NO2SSi/c1-2-3-4-7-11-19(12-15-22-18-21)20(14-10-16-23)13-8-5-6-9-17-24-20/h19,21H,2-18,24H2,1H3/p+1. The molecule has 5 heteroatoms. The van der Waals surface area contributed by atoms with Gasteiger partial charge in [0.15, 0.2) is 0 Å². The van der Waals surface area contributed by atoms with Crippen LogP contribution in [0.3, 0.4) is 0 Å². The second kappa shape index (κ2) is 14.6. The van der Waals surface area contributed by atoms with Crippen LogP contribution in [0.25, 0.3) is 0 Å². The molecule has 0 aromatic heterocycles. The first-order chi connectivity index (χ1) is 11.8. The van der Waals surface area contributed by atoms with Gasteiger partial charge in [-0.3, -0.25) is 0 Å². The number of unbranched alkanes of at least 4 members (excludes halogenated alkanes) is 3. The van der Waals surface area contributed by atoms with Crippen molar-refractivity contribution < 1.29 is 14.0 Å². The van der Waals surface area contributed by atoms with Gasteiger partial charge in [0.25, 0.3) is 9.68 Å². The molecule has 0 aliphatic carbocycles. The zero-order valence-electron chi connectivity index (χ0n) is 16.1. The molecule has 144 valence electrons. The fourth-order valence-electron chi connectivity index (χ4n) is 4.44. The lowest BCUT2D eigenvalue weighted by Crippen LogP contribution is -2.59. The van der Waals surface area contributed by atoms with Crippen LogP contribution in [0.15, 0.2) is 0 Å². The Morgan fingerprint density at radius 1 is 1.08 bits per heavy atom. The molecule has 0 bridgehead atoms. The fourth-order valence-corrected chi connectivity index (χ4v) is 7.41. The van der Waals surface area contributed by atoms with Crippen molar-refractivity contribution >= 4 is 22.3 Å². The Labute approximate surface area is 158 Å². The molecule has 1 heterocycles. The summed E-state index contributed by atoms with van der Waals surface area (Å²) in [7, 11) is -0.0973. The minimum Gasteiger partial charge on any atom is -0.385 e. The average Bonchev–Trinajstić information content (AvgIpc) is 2.57. The number of thiol groups is 1. The Hall–Kier alpha value is 0.447. The van der Waals surface area contributed by atoms with Crippen LogP contribution in [0.1, 0.15) is 77.6 Å². The smallest absolute Gasteiger partial charge is 0.255 e. The molecular formula is C19H42NO2SSi+. The van der Waals surface area contributed by atoms with E-state index in [1.807, 2.05) is 0 Å². The summed E-state index contributed by atoms with van der Waals surface area (Å²) < 4.78 is 6.77. The van der Waals surface area contributed by atoms with Crippen LogP contribution < -0.4 is 0 Å². The predicted octanol–water partition coefficient (Wildman–Crippen LogP) is 3.89. The molecule has 3 nitrogen and oxygen atoms in total. The van der Waals surface area contributed by atoms with Gasteiger partial charge < -0.3 is 14.0 Å². The maximum atomic E-state index is 8.99. The molecule has 0 radical (unpaired) electrons. The summed E-state index contributed by atoms with van der Waals surface area (Å²) >= 11 is 4.51. The topological polar surface area (TPSA) is 29.5 Å². The van der Waals surface area contributed by atoms with Crippen molar-refractivity contribution in [3.63, 3.8) is 0 Å². The molecule has 2 unspecified atom stereocenters. The number of rotatable bonds is 13. The van der Waals surface area contributed by atoms with E-state index >= 15 is 0 Å².